The summed E-state index contributed by atoms with van der Waals surface area (Å²) in [6.07, 6.45) is 5.10. The summed E-state index contributed by atoms with van der Waals surface area (Å²) in [5.41, 5.74) is 5.59. The fourth-order valence-corrected chi connectivity index (χ4v) is 4.40. The van der Waals surface area contributed by atoms with Gasteiger partial charge in [-0.05, 0) is 52.4 Å². The maximum Gasteiger partial charge on any atom is 0.321 e. The molecule has 0 radical (unpaired) electrons. The number of nitrogens with one attached hydrogen (secondary N) is 9. The molecule has 0 unspecified atom stereocenters. The zero-order chi connectivity index (χ0) is 36.4. The number of nitrogens with zero attached hydrogens (tertiary/aromatic N) is 2. The standard InChI is InChI=1S/C15H25N7O3S.C14H22ClN5O3.ClH/c1-10-9-12(24)21-14(20-10)22-15(25)19-7-3-2-6-18-11(23)5-4-8-26-13(16)17;1-10-9-12(22)19-13(18-10)20-14(23)17-8-3-2-7-16-11(21)5-4-6-15;/h9H,2-8H2,1H3,(H3,16,17)(H,18,23)(H3,19,20,21,22,24,25);9H,2-8H2,1H3,(H,16,21)(H3,17,18,19,20,22,23);1H. The number of aryl methyl sites for hydroxylation is 2. The highest BCUT2D eigenvalue weighted by molar-refractivity contribution is 8.13. The number of alkyl halides is 1. The Kier molecular flexibility index (Phi) is 25.1. The van der Waals surface area contributed by atoms with Crippen molar-refractivity contribution in [3.05, 3.63) is 44.2 Å². The van der Waals surface area contributed by atoms with Crippen LogP contribution in [0, 0.1) is 19.3 Å². The predicted molar refractivity (Wildman–Crippen MR) is 199 cm³/mol. The number of rotatable bonds is 19. The molecule has 0 spiro atoms. The number of anilines is 2. The van der Waals surface area contributed by atoms with Crippen molar-refractivity contribution in [2.75, 3.05) is 48.4 Å². The minimum atomic E-state index is -0.453. The first-order valence-electron chi connectivity index (χ1n) is 15.7. The van der Waals surface area contributed by atoms with Gasteiger partial charge in [0.15, 0.2) is 5.17 Å². The second-order valence-corrected chi connectivity index (χ2v) is 12.0. The van der Waals surface area contributed by atoms with Crippen molar-refractivity contribution in [1.29, 1.82) is 5.41 Å². The number of carbonyl (C=O) groups excluding carboxylic acids is 4. The molecular weight excluding hydrogens is 715 g/mol. The van der Waals surface area contributed by atoms with Crippen LogP contribution in [0.15, 0.2) is 21.7 Å². The molecule has 2 aromatic rings. The number of amidine groups is 1. The van der Waals surface area contributed by atoms with Gasteiger partial charge in [-0.2, -0.15) is 0 Å². The highest BCUT2D eigenvalue weighted by atomic mass is 35.5. The Morgan fingerprint density at radius 1 is 0.740 bits per heavy atom. The molecule has 6 amide bonds. The van der Waals surface area contributed by atoms with Gasteiger partial charge in [-0.3, -0.25) is 45.2 Å². The van der Waals surface area contributed by atoms with Gasteiger partial charge in [0.2, 0.25) is 23.7 Å². The molecule has 2 aromatic heterocycles. The maximum atomic E-state index is 11.7. The van der Waals surface area contributed by atoms with Gasteiger partial charge >= 0.3 is 12.1 Å². The molecule has 0 aromatic carbocycles. The molecule has 11 N–H and O–H groups in total. The van der Waals surface area contributed by atoms with E-state index in [1.165, 1.54) is 23.9 Å². The van der Waals surface area contributed by atoms with E-state index in [9.17, 15) is 28.8 Å². The second-order valence-electron chi connectivity index (χ2n) is 10.5. The summed E-state index contributed by atoms with van der Waals surface area (Å²) < 4.78 is 0. The van der Waals surface area contributed by atoms with E-state index in [0.29, 0.717) is 81.3 Å². The third-order valence-electron chi connectivity index (χ3n) is 5.97. The summed E-state index contributed by atoms with van der Waals surface area (Å²) >= 11 is 6.73. The van der Waals surface area contributed by atoms with E-state index in [-0.39, 0.29) is 52.4 Å². The summed E-state index contributed by atoms with van der Waals surface area (Å²) in [7, 11) is 0. The number of carbonyl (C=O) groups is 4. The molecule has 0 bridgehead atoms. The molecule has 0 saturated carbocycles. The summed E-state index contributed by atoms with van der Waals surface area (Å²) in [4.78, 5) is 81.5. The van der Waals surface area contributed by atoms with E-state index in [1.54, 1.807) is 13.8 Å². The molecule has 0 saturated heterocycles. The van der Waals surface area contributed by atoms with Crippen LogP contribution in [0.4, 0.5) is 21.5 Å². The number of unbranched alkanes of at least 4 members (excludes halogenated alkanes) is 2. The van der Waals surface area contributed by atoms with Gasteiger partial charge in [0.05, 0.1) is 0 Å². The van der Waals surface area contributed by atoms with Gasteiger partial charge in [0.25, 0.3) is 11.1 Å². The van der Waals surface area contributed by atoms with Crippen molar-refractivity contribution in [3.63, 3.8) is 0 Å². The third kappa shape index (κ3) is 24.7. The molecule has 0 aliphatic rings. The highest BCUT2D eigenvalue weighted by Crippen LogP contribution is 2.03. The van der Waals surface area contributed by atoms with Gasteiger partial charge in [0, 0.05) is 74.2 Å². The minimum Gasteiger partial charge on any atom is -0.379 e. The van der Waals surface area contributed by atoms with Crippen LogP contribution >= 0.6 is 35.8 Å². The molecule has 50 heavy (non-hydrogen) atoms. The molecule has 0 aliphatic heterocycles. The first kappa shape index (κ1) is 45.6. The van der Waals surface area contributed by atoms with Crippen LogP contribution in [0.2, 0.25) is 0 Å². The fourth-order valence-electron chi connectivity index (χ4n) is 3.76. The Hall–Kier alpha value is -4.36. The van der Waals surface area contributed by atoms with E-state index in [2.05, 4.69) is 51.8 Å². The van der Waals surface area contributed by atoms with Crippen LogP contribution in [-0.4, -0.2) is 86.8 Å². The van der Waals surface area contributed by atoms with Gasteiger partial charge in [-0.25, -0.2) is 19.6 Å². The number of aromatic nitrogens is 4. The number of thioether (sulfide) groups is 1. The normalized spacial score (nSPS) is 9.98. The largest absolute Gasteiger partial charge is 0.379 e. The Balaban J connectivity index is 0.000000948. The van der Waals surface area contributed by atoms with E-state index in [4.69, 9.17) is 22.7 Å². The summed E-state index contributed by atoms with van der Waals surface area (Å²) in [5.74, 6) is 1.30. The fraction of sp³-hybridized carbons (Fsp3) is 0.552. The number of amides is 6. The monoisotopic (exact) mass is 762 g/mol. The first-order chi connectivity index (χ1) is 23.4. The van der Waals surface area contributed by atoms with Gasteiger partial charge in [0.1, 0.15) is 0 Å². The number of nitrogens with two attached hydrogens (primary N) is 1. The Labute approximate surface area is 305 Å². The lowest BCUT2D eigenvalue weighted by Crippen LogP contribution is -2.31. The minimum absolute atomic E-state index is 0. The molecule has 2 heterocycles. The smallest absolute Gasteiger partial charge is 0.321 e. The van der Waals surface area contributed by atoms with Gasteiger partial charge in [-0.1, -0.05) is 11.8 Å². The van der Waals surface area contributed by atoms with E-state index in [1.807, 2.05) is 0 Å². The number of halogens is 2. The maximum absolute atomic E-state index is 11.7. The Morgan fingerprint density at radius 3 is 1.52 bits per heavy atom. The van der Waals surface area contributed by atoms with Crippen LogP contribution < -0.4 is 48.8 Å². The summed E-state index contributed by atoms with van der Waals surface area (Å²) in [6.45, 7) is 5.33. The second kappa shape index (κ2) is 27.5. The van der Waals surface area contributed by atoms with Crippen molar-refractivity contribution in [3.8, 4) is 0 Å². The average molecular weight is 764 g/mol. The zero-order valence-corrected chi connectivity index (χ0v) is 30.6. The van der Waals surface area contributed by atoms with Crippen molar-refractivity contribution in [2.24, 2.45) is 5.73 Å². The van der Waals surface area contributed by atoms with E-state index >= 15 is 0 Å². The zero-order valence-electron chi connectivity index (χ0n) is 28.2. The lowest BCUT2D eigenvalue weighted by atomic mass is 10.3. The van der Waals surface area contributed by atoms with Crippen LogP contribution in [0.1, 0.15) is 62.8 Å². The van der Waals surface area contributed by atoms with Crippen molar-refractivity contribution < 1.29 is 19.2 Å². The third-order valence-corrected chi connectivity index (χ3v) is 7.04. The molecule has 0 fully saturated rings. The van der Waals surface area contributed by atoms with E-state index < -0.39 is 12.1 Å². The van der Waals surface area contributed by atoms with Crippen LogP contribution in [0.25, 0.3) is 0 Å². The Bertz CT molecular complexity index is 1480. The molecule has 18 nitrogen and oxygen atoms in total. The summed E-state index contributed by atoms with van der Waals surface area (Å²) in [5, 5.41) is 22.9. The van der Waals surface area contributed by atoms with Crippen molar-refractivity contribution in [1.82, 2.24) is 41.2 Å². The molecule has 0 aliphatic carbocycles. The van der Waals surface area contributed by atoms with Crippen LogP contribution in [0.3, 0.4) is 0 Å². The lowest BCUT2D eigenvalue weighted by Gasteiger charge is -2.08. The number of aromatic amines is 2. The van der Waals surface area contributed by atoms with Crippen molar-refractivity contribution in [2.45, 2.75) is 65.2 Å². The van der Waals surface area contributed by atoms with Gasteiger partial charge < -0.3 is 27.0 Å². The number of hydrogen-bond acceptors (Lipinski definition) is 10. The average Bonchev–Trinajstić information content (AvgIpc) is 3.00. The van der Waals surface area contributed by atoms with Crippen LogP contribution in [-0.2, 0) is 9.59 Å². The lowest BCUT2D eigenvalue weighted by molar-refractivity contribution is -0.121. The molecule has 2 rings (SSSR count). The molecule has 280 valence electrons. The highest BCUT2D eigenvalue weighted by Gasteiger charge is 2.06. The molecule has 0 atom stereocenters. The summed E-state index contributed by atoms with van der Waals surface area (Å²) in [6, 6.07) is 1.78. The van der Waals surface area contributed by atoms with Gasteiger partial charge in [-0.15, -0.1) is 24.0 Å². The number of hydrogen-bond donors (Lipinski definition) is 10. The topological polar surface area (TPSA) is 282 Å². The first-order valence-corrected chi connectivity index (χ1v) is 17.2. The molecular formula is C29H48Cl2N12O6S. The van der Waals surface area contributed by atoms with Crippen LogP contribution in [0.5, 0.6) is 0 Å². The Morgan fingerprint density at radius 2 is 1.14 bits per heavy atom. The molecule has 21 heteroatoms. The number of H-pyrrole nitrogens is 2. The SMILES string of the molecule is Cc1cc(=O)[nH]c(NC(=O)NCCCCNC(=O)CCCCl)n1.Cc1cc(=O)[nH]c(NC(=O)NCCCCNC(=O)CCCSC(=N)N)n1.Cl. The quantitative estimate of drug-likeness (QED) is 0.0430. The van der Waals surface area contributed by atoms with E-state index in [0.717, 1.165) is 19.3 Å². The predicted octanol–water partition coefficient (Wildman–Crippen LogP) is 2.04. The van der Waals surface area contributed by atoms with Crippen molar-refractivity contribution >= 4 is 76.7 Å². The number of urea groups is 2.